The predicted molar refractivity (Wildman–Crippen MR) is 47.8 cm³/mol. The van der Waals surface area contributed by atoms with Crippen LogP contribution in [0, 0.1) is 0 Å². The fourth-order valence-corrected chi connectivity index (χ4v) is 1.03. The van der Waals surface area contributed by atoms with Gasteiger partial charge in [0.1, 0.15) is 0 Å². The van der Waals surface area contributed by atoms with Crippen LogP contribution in [0.2, 0.25) is 5.02 Å². The zero-order chi connectivity index (χ0) is 8.27. The van der Waals surface area contributed by atoms with Crippen LogP contribution >= 0.6 is 11.6 Å². The van der Waals surface area contributed by atoms with Gasteiger partial charge < -0.3 is 11.5 Å². The van der Waals surface area contributed by atoms with Crippen molar-refractivity contribution in [2.75, 3.05) is 0 Å². The lowest BCUT2D eigenvalue weighted by atomic mass is 10.2. The number of rotatable bonds is 1. The van der Waals surface area contributed by atoms with E-state index in [9.17, 15) is 0 Å². The third-order valence-corrected chi connectivity index (χ3v) is 1.69. The summed E-state index contributed by atoms with van der Waals surface area (Å²) in [6, 6.07) is 7.29. The first-order valence-corrected chi connectivity index (χ1v) is 3.55. The van der Waals surface area contributed by atoms with Gasteiger partial charge in [0.2, 0.25) is 0 Å². The van der Waals surface area contributed by atoms with Crippen molar-refractivity contribution in [1.82, 2.24) is 0 Å². The van der Waals surface area contributed by atoms with E-state index < -0.39 is 0 Å². The van der Waals surface area contributed by atoms with Crippen molar-refractivity contribution in [3.63, 3.8) is 0 Å². The van der Waals surface area contributed by atoms with Crippen molar-refractivity contribution in [3.05, 3.63) is 41.1 Å². The monoisotopic (exact) mass is 168 g/mol. The summed E-state index contributed by atoms with van der Waals surface area (Å²) in [5.74, 6) is 0. The Morgan fingerprint density at radius 2 is 2.00 bits per heavy atom. The fourth-order valence-electron chi connectivity index (χ4n) is 0.785. The molecule has 1 rings (SSSR count). The Hall–Kier alpha value is -1.15. The molecule has 3 heteroatoms. The molecule has 0 bridgehead atoms. The van der Waals surface area contributed by atoms with E-state index in [4.69, 9.17) is 23.1 Å². The summed E-state index contributed by atoms with van der Waals surface area (Å²) in [4.78, 5) is 0. The van der Waals surface area contributed by atoms with E-state index in [1.165, 1.54) is 6.20 Å². The molecule has 0 aliphatic rings. The second-order valence-corrected chi connectivity index (χ2v) is 2.51. The van der Waals surface area contributed by atoms with E-state index in [1.54, 1.807) is 6.07 Å². The predicted octanol–water partition coefficient (Wildman–Crippen LogP) is 1.56. The van der Waals surface area contributed by atoms with Gasteiger partial charge in [-0.1, -0.05) is 29.8 Å². The number of hydrogen-bond acceptors (Lipinski definition) is 2. The van der Waals surface area contributed by atoms with Crippen LogP contribution in [0.5, 0.6) is 0 Å². The number of benzene rings is 1. The number of hydrogen-bond donors (Lipinski definition) is 2. The third kappa shape index (κ3) is 1.65. The molecule has 1 aromatic carbocycles. The lowest BCUT2D eigenvalue weighted by molar-refractivity contribution is 1.46. The maximum absolute atomic E-state index is 5.82. The smallest absolute Gasteiger partial charge is 0.0560 e. The van der Waals surface area contributed by atoms with Gasteiger partial charge in [-0.05, 0) is 6.07 Å². The van der Waals surface area contributed by atoms with Crippen molar-refractivity contribution >= 4 is 17.3 Å². The molecule has 4 N–H and O–H groups in total. The van der Waals surface area contributed by atoms with Crippen LogP contribution < -0.4 is 11.5 Å². The summed E-state index contributed by atoms with van der Waals surface area (Å²) in [5, 5.41) is 0.617. The first-order valence-electron chi connectivity index (χ1n) is 3.18. The highest BCUT2D eigenvalue weighted by Crippen LogP contribution is 2.18. The highest BCUT2D eigenvalue weighted by atomic mass is 35.5. The first kappa shape index (κ1) is 7.95. The summed E-state index contributed by atoms with van der Waals surface area (Å²) in [5.41, 5.74) is 12.0. The SMILES string of the molecule is N/C=C(\N)c1ccccc1Cl. The number of nitrogens with two attached hydrogens (primary N) is 2. The van der Waals surface area contributed by atoms with Gasteiger partial charge in [0.15, 0.2) is 0 Å². The largest absolute Gasteiger partial charge is 0.403 e. The Balaban J connectivity index is 3.14. The van der Waals surface area contributed by atoms with E-state index in [1.807, 2.05) is 18.2 Å². The van der Waals surface area contributed by atoms with Gasteiger partial charge in [-0.25, -0.2) is 0 Å². The Morgan fingerprint density at radius 3 is 2.55 bits per heavy atom. The molecule has 0 fully saturated rings. The Bertz CT molecular complexity index is 281. The summed E-state index contributed by atoms with van der Waals surface area (Å²) in [7, 11) is 0. The molecule has 0 saturated heterocycles. The van der Waals surface area contributed by atoms with Gasteiger partial charge in [-0.2, -0.15) is 0 Å². The van der Waals surface area contributed by atoms with Crippen molar-refractivity contribution in [1.29, 1.82) is 0 Å². The normalized spacial score (nSPS) is 11.5. The molecule has 0 aromatic heterocycles. The van der Waals surface area contributed by atoms with Crippen molar-refractivity contribution < 1.29 is 0 Å². The maximum atomic E-state index is 5.82. The molecule has 0 amide bonds. The molecule has 0 spiro atoms. The highest BCUT2D eigenvalue weighted by molar-refractivity contribution is 6.32. The minimum atomic E-state index is 0.496. The van der Waals surface area contributed by atoms with Crippen LogP contribution in [-0.2, 0) is 0 Å². The quantitative estimate of drug-likeness (QED) is 0.669. The van der Waals surface area contributed by atoms with Crippen LogP contribution in [0.25, 0.3) is 5.70 Å². The zero-order valence-electron chi connectivity index (χ0n) is 5.92. The van der Waals surface area contributed by atoms with Crippen molar-refractivity contribution in [2.45, 2.75) is 0 Å². The molecule has 2 nitrogen and oxygen atoms in total. The Labute approximate surface area is 70.5 Å². The molecule has 58 valence electrons. The van der Waals surface area contributed by atoms with E-state index in [0.717, 1.165) is 5.56 Å². The van der Waals surface area contributed by atoms with E-state index >= 15 is 0 Å². The highest BCUT2D eigenvalue weighted by Gasteiger charge is 1.99. The molecule has 0 unspecified atom stereocenters. The summed E-state index contributed by atoms with van der Waals surface area (Å²) in [6.45, 7) is 0. The van der Waals surface area contributed by atoms with E-state index in [0.29, 0.717) is 10.7 Å². The standard InChI is InChI=1S/C8H9ClN2/c9-7-4-2-1-3-6(7)8(11)5-10/h1-5H,10-11H2/b8-5-. The molecule has 0 aliphatic carbocycles. The van der Waals surface area contributed by atoms with Gasteiger partial charge in [0, 0.05) is 16.8 Å². The van der Waals surface area contributed by atoms with Crippen LogP contribution in [-0.4, -0.2) is 0 Å². The van der Waals surface area contributed by atoms with Crippen molar-refractivity contribution in [2.24, 2.45) is 11.5 Å². The Morgan fingerprint density at radius 1 is 1.36 bits per heavy atom. The lowest BCUT2D eigenvalue weighted by Crippen LogP contribution is -1.99. The van der Waals surface area contributed by atoms with Crippen molar-refractivity contribution in [3.8, 4) is 0 Å². The molecule has 0 aliphatic heterocycles. The van der Waals surface area contributed by atoms with Gasteiger partial charge in [0.05, 0.1) is 5.70 Å². The van der Waals surface area contributed by atoms with Gasteiger partial charge in [0.25, 0.3) is 0 Å². The van der Waals surface area contributed by atoms with Gasteiger partial charge in [-0.3, -0.25) is 0 Å². The molecule has 0 heterocycles. The molecular weight excluding hydrogens is 160 g/mol. The summed E-state index contributed by atoms with van der Waals surface area (Å²) in [6.07, 6.45) is 1.33. The minimum absolute atomic E-state index is 0.496. The van der Waals surface area contributed by atoms with Crippen LogP contribution in [0.4, 0.5) is 0 Å². The second kappa shape index (κ2) is 3.30. The van der Waals surface area contributed by atoms with Gasteiger partial charge >= 0.3 is 0 Å². The average Bonchev–Trinajstić information content (AvgIpc) is 2.04. The first-order chi connectivity index (χ1) is 5.25. The number of halogens is 1. The minimum Gasteiger partial charge on any atom is -0.403 e. The molecule has 0 saturated carbocycles. The molecule has 1 aromatic rings. The molecule has 11 heavy (non-hydrogen) atoms. The second-order valence-electron chi connectivity index (χ2n) is 2.10. The average molecular weight is 169 g/mol. The maximum Gasteiger partial charge on any atom is 0.0560 e. The third-order valence-electron chi connectivity index (χ3n) is 1.36. The summed E-state index contributed by atoms with van der Waals surface area (Å²) < 4.78 is 0. The van der Waals surface area contributed by atoms with Crippen LogP contribution in [0.3, 0.4) is 0 Å². The Kier molecular flexibility index (Phi) is 2.39. The van der Waals surface area contributed by atoms with Crippen LogP contribution in [0.15, 0.2) is 30.5 Å². The molecule has 0 radical (unpaired) electrons. The summed E-state index contributed by atoms with van der Waals surface area (Å²) >= 11 is 5.82. The van der Waals surface area contributed by atoms with Gasteiger partial charge in [-0.15, -0.1) is 0 Å². The topological polar surface area (TPSA) is 52.0 Å². The molecule has 0 atom stereocenters. The van der Waals surface area contributed by atoms with E-state index in [2.05, 4.69) is 0 Å². The zero-order valence-corrected chi connectivity index (χ0v) is 6.68. The lowest BCUT2D eigenvalue weighted by Gasteiger charge is -2.01. The fraction of sp³-hybridized carbons (Fsp3) is 0. The van der Waals surface area contributed by atoms with E-state index in [-0.39, 0.29) is 0 Å². The van der Waals surface area contributed by atoms with Crippen LogP contribution in [0.1, 0.15) is 5.56 Å². The molecular formula is C8H9ClN2.